The number of rotatable bonds is 4. The first-order chi connectivity index (χ1) is 10.6. The quantitative estimate of drug-likeness (QED) is 0.879. The first-order valence-electron chi connectivity index (χ1n) is 7.70. The van der Waals surface area contributed by atoms with Gasteiger partial charge in [-0.3, -0.25) is 9.69 Å². The van der Waals surface area contributed by atoms with Crippen molar-refractivity contribution in [3.05, 3.63) is 48.0 Å². The number of unbranched alkanes of at least 4 members (excludes halogenated alkanes) is 1. The summed E-state index contributed by atoms with van der Waals surface area (Å²) in [7, 11) is 0. The third-order valence-electron chi connectivity index (χ3n) is 4.34. The van der Waals surface area contributed by atoms with Gasteiger partial charge in [0.15, 0.2) is 0 Å². The van der Waals surface area contributed by atoms with E-state index in [1.165, 1.54) is 4.90 Å². The smallest absolute Gasteiger partial charge is 0.319 e. The van der Waals surface area contributed by atoms with Gasteiger partial charge in [-0.25, -0.2) is 4.79 Å². The molecule has 1 aliphatic rings. The molecule has 0 spiro atoms. The second kappa shape index (κ2) is 5.44. The molecule has 4 nitrogen and oxygen atoms in total. The highest BCUT2D eigenvalue weighted by Gasteiger charge is 2.49. The van der Waals surface area contributed by atoms with E-state index >= 15 is 0 Å². The van der Waals surface area contributed by atoms with Crippen LogP contribution >= 0.6 is 0 Å². The summed E-state index contributed by atoms with van der Waals surface area (Å²) in [5.74, 6) is -0.165. The van der Waals surface area contributed by atoms with Crippen molar-refractivity contribution >= 4 is 22.7 Å². The fourth-order valence-electron chi connectivity index (χ4n) is 3.06. The highest BCUT2D eigenvalue weighted by Crippen LogP contribution is 2.33. The SMILES string of the molecule is CCCCN1C(=O)NC(C)(c2cccc3ccccc23)C1=O. The highest BCUT2D eigenvalue weighted by molar-refractivity contribution is 6.09. The number of nitrogens with one attached hydrogen (secondary N) is 1. The first-order valence-corrected chi connectivity index (χ1v) is 7.70. The standard InChI is InChI=1S/C18H20N2O2/c1-3-4-12-20-16(21)18(2,19-17(20)22)15-11-7-9-13-8-5-6-10-14(13)15/h5-11H,3-4,12H2,1-2H3,(H,19,22). The number of imide groups is 1. The molecule has 1 N–H and O–H groups in total. The van der Waals surface area contributed by atoms with Crippen molar-refractivity contribution in [2.75, 3.05) is 6.54 Å². The second-order valence-electron chi connectivity index (χ2n) is 5.89. The average molecular weight is 296 g/mol. The van der Waals surface area contributed by atoms with Crippen LogP contribution in [-0.2, 0) is 10.3 Å². The van der Waals surface area contributed by atoms with Crippen LogP contribution in [0.2, 0.25) is 0 Å². The summed E-state index contributed by atoms with van der Waals surface area (Å²) >= 11 is 0. The van der Waals surface area contributed by atoms with Crippen LogP contribution in [0, 0.1) is 0 Å². The van der Waals surface area contributed by atoms with Crippen molar-refractivity contribution in [3.63, 3.8) is 0 Å². The third kappa shape index (κ3) is 2.15. The lowest BCUT2D eigenvalue weighted by molar-refractivity contribution is -0.131. The average Bonchev–Trinajstić information content (AvgIpc) is 2.75. The summed E-state index contributed by atoms with van der Waals surface area (Å²) < 4.78 is 0. The molecule has 2 aromatic carbocycles. The van der Waals surface area contributed by atoms with Gasteiger partial charge in [0.05, 0.1) is 0 Å². The maximum atomic E-state index is 12.8. The number of carbonyl (C=O) groups excluding carboxylic acids is 2. The molecule has 0 bridgehead atoms. The van der Waals surface area contributed by atoms with E-state index in [0.29, 0.717) is 6.54 Å². The van der Waals surface area contributed by atoms with E-state index in [9.17, 15) is 9.59 Å². The molecule has 1 aliphatic heterocycles. The van der Waals surface area contributed by atoms with E-state index in [2.05, 4.69) is 5.32 Å². The van der Waals surface area contributed by atoms with Crippen LogP contribution in [0.25, 0.3) is 10.8 Å². The van der Waals surface area contributed by atoms with E-state index in [4.69, 9.17) is 0 Å². The zero-order valence-electron chi connectivity index (χ0n) is 12.9. The lowest BCUT2D eigenvalue weighted by Crippen LogP contribution is -2.41. The predicted octanol–water partition coefficient (Wildman–Crippen LogP) is 3.41. The Kier molecular flexibility index (Phi) is 3.61. The minimum atomic E-state index is -0.994. The number of nitrogens with zero attached hydrogens (tertiary/aromatic N) is 1. The maximum absolute atomic E-state index is 12.8. The van der Waals surface area contributed by atoms with Crippen LogP contribution in [-0.4, -0.2) is 23.4 Å². The van der Waals surface area contributed by atoms with Crippen molar-refractivity contribution in [1.29, 1.82) is 0 Å². The Morgan fingerprint density at radius 2 is 1.82 bits per heavy atom. The van der Waals surface area contributed by atoms with Gasteiger partial charge in [0.1, 0.15) is 5.54 Å². The molecule has 22 heavy (non-hydrogen) atoms. The molecule has 1 fully saturated rings. The Hall–Kier alpha value is -2.36. The first kappa shape index (κ1) is 14.6. The molecule has 3 amide bonds. The number of hydrogen-bond acceptors (Lipinski definition) is 2. The Bertz CT molecular complexity index is 735. The molecule has 0 aromatic heterocycles. The molecule has 0 aliphatic carbocycles. The van der Waals surface area contributed by atoms with Crippen molar-refractivity contribution in [3.8, 4) is 0 Å². The molecule has 1 saturated heterocycles. The minimum absolute atomic E-state index is 0.165. The fourth-order valence-corrected chi connectivity index (χ4v) is 3.06. The van der Waals surface area contributed by atoms with Crippen molar-refractivity contribution in [1.82, 2.24) is 10.2 Å². The van der Waals surface area contributed by atoms with Crippen LogP contribution in [0.4, 0.5) is 4.79 Å². The van der Waals surface area contributed by atoms with Crippen LogP contribution < -0.4 is 5.32 Å². The number of benzene rings is 2. The molecule has 1 heterocycles. The Morgan fingerprint density at radius 1 is 1.09 bits per heavy atom. The van der Waals surface area contributed by atoms with E-state index in [1.807, 2.05) is 49.4 Å². The predicted molar refractivity (Wildman–Crippen MR) is 86.5 cm³/mol. The maximum Gasteiger partial charge on any atom is 0.325 e. The molecule has 2 aromatic rings. The van der Waals surface area contributed by atoms with E-state index in [0.717, 1.165) is 29.2 Å². The van der Waals surface area contributed by atoms with E-state index in [1.54, 1.807) is 6.92 Å². The van der Waals surface area contributed by atoms with Crippen LogP contribution in [0.5, 0.6) is 0 Å². The van der Waals surface area contributed by atoms with Gasteiger partial charge in [0, 0.05) is 6.54 Å². The molecule has 1 unspecified atom stereocenters. The van der Waals surface area contributed by atoms with Crippen molar-refractivity contribution in [2.45, 2.75) is 32.2 Å². The van der Waals surface area contributed by atoms with Crippen molar-refractivity contribution in [2.24, 2.45) is 0 Å². The van der Waals surface area contributed by atoms with E-state index < -0.39 is 5.54 Å². The molecule has 0 radical (unpaired) electrons. The van der Waals surface area contributed by atoms with Gasteiger partial charge in [0.2, 0.25) is 0 Å². The van der Waals surface area contributed by atoms with Crippen LogP contribution in [0.1, 0.15) is 32.3 Å². The summed E-state index contributed by atoms with van der Waals surface area (Å²) in [5.41, 5.74) is -0.144. The largest absolute Gasteiger partial charge is 0.325 e. The number of urea groups is 1. The van der Waals surface area contributed by atoms with Gasteiger partial charge in [-0.15, -0.1) is 0 Å². The molecular weight excluding hydrogens is 276 g/mol. The summed E-state index contributed by atoms with van der Waals surface area (Å²) in [5, 5.41) is 4.95. The number of amides is 3. The number of carbonyl (C=O) groups is 2. The molecule has 4 heteroatoms. The minimum Gasteiger partial charge on any atom is -0.319 e. The molecule has 114 valence electrons. The molecule has 0 saturated carbocycles. The van der Waals surface area contributed by atoms with Gasteiger partial charge in [0.25, 0.3) is 5.91 Å². The highest BCUT2D eigenvalue weighted by atomic mass is 16.2. The van der Waals surface area contributed by atoms with Gasteiger partial charge in [-0.1, -0.05) is 55.8 Å². The lowest BCUT2D eigenvalue weighted by Gasteiger charge is -2.24. The second-order valence-corrected chi connectivity index (χ2v) is 5.89. The summed E-state index contributed by atoms with van der Waals surface area (Å²) in [4.78, 5) is 26.4. The zero-order valence-corrected chi connectivity index (χ0v) is 12.9. The Labute approximate surface area is 130 Å². The monoisotopic (exact) mass is 296 g/mol. The topological polar surface area (TPSA) is 49.4 Å². The normalized spacial score (nSPS) is 21.5. The molecule has 1 atom stereocenters. The fraction of sp³-hybridized carbons (Fsp3) is 0.333. The van der Waals surface area contributed by atoms with Crippen LogP contribution in [0.3, 0.4) is 0 Å². The van der Waals surface area contributed by atoms with Gasteiger partial charge >= 0.3 is 6.03 Å². The van der Waals surface area contributed by atoms with Gasteiger partial charge in [-0.2, -0.15) is 0 Å². The lowest BCUT2D eigenvalue weighted by atomic mass is 9.88. The van der Waals surface area contributed by atoms with Gasteiger partial charge < -0.3 is 5.32 Å². The molecule has 3 rings (SSSR count). The molecular formula is C18H20N2O2. The number of hydrogen-bond donors (Lipinski definition) is 1. The van der Waals surface area contributed by atoms with E-state index in [-0.39, 0.29) is 11.9 Å². The van der Waals surface area contributed by atoms with Crippen molar-refractivity contribution < 1.29 is 9.59 Å². The summed E-state index contributed by atoms with van der Waals surface area (Å²) in [6.07, 6.45) is 1.77. The van der Waals surface area contributed by atoms with Gasteiger partial charge in [-0.05, 0) is 29.7 Å². The zero-order chi connectivity index (χ0) is 15.7. The summed E-state index contributed by atoms with van der Waals surface area (Å²) in [6.45, 7) is 4.31. The Balaban J connectivity index is 2.06. The summed E-state index contributed by atoms with van der Waals surface area (Å²) in [6, 6.07) is 13.5. The number of fused-ring (bicyclic) bond motifs is 1. The Morgan fingerprint density at radius 3 is 2.59 bits per heavy atom. The third-order valence-corrected chi connectivity index (χ3v) is 4.34. The van der Waals surface area contributed by atoms with Crippen LogP contribution in [0.15, 0.2) is 42.5 Å².